The molecule has 3 aromatic carbocycles. The average molecular weight is 648 g/mol. The fourth-order valence-corrected chi connectivity index (χ4v) is 5.85. The maximum atomic E-state index is 13.0. The summed E-state index contributed by atoms with van der Waals surface area (Å²) in [6, 6.07) is 21.1. The zero-order valence-corrected chi connectivity index (χ0v) is 26.8. The number of aliphatic imine (C=N–C) groups is 1. The van der Waals surface area contributed by atoms with Gasteiger partial charge in [-0.15, -0.1) is 0 Å². The van der Waals surface area contributed by atoms with Gasteiger partial charge in [0.1, 0.15) is 0 Å². The number of likely N-dealkylation sites (N-methyl/N-ethyl adjacent to an activating group) is 2. The molecule has 13 heteroatoms. The third kappa shape index (κ3) is 7.45. The summed E-state index contributed by atoms with van der Waals surface area (Å²) in [6.07, 6.45) is 0. The first-order valence-corrected chi connectivity index (χ1v) is 16.4. The van der Waals surface area contributed by atoms with E-state index in [1.165, 1.54) is 17.7 Å². The van der Waals surface area contributed by atoms with E-state index in [0.29, 0.717) is 45.7 Å². The van der Waals surface area contributed by atoms with E-state index >= 15 is 0 Å². The van der Waals surface area contributed by atoms with Crippen LogP contribution in [0.25, 0.3) is 10.9 Å². The third-order valence-electron chi connectivity index (χ3n) is 8.12. The monoisotopic (exact) mass is 647 g/mol. The number of nitrogens with zero attached hydrogens (tertiary/aromatic N) is 5. The molecule has 1 saturated heterocycles. The second-order valence-electron chi connectivity index (χ2n) is 11.2. The van der Waals surface area contributed by atoms with Gasteiger partial charge in [0.2, 0.25) is 11.8 Å². The van der Waals surface area contributed by atoms with E-state index in [-0.39, 0.29) is 23.9 Å². The second kappa shape index (κ2) is 13.8. The van der Waals surface area contributed by atoms with E-state index in [0.717, 1.165) is 26.2 Å². The standard InChI is InChI=1S/C33H37N5O7S/c1-35-15-17-37(18-16-35)22-29(39)36(2)26-12-10-25(11-13-26)34-31(23-7-5-4-6-8-23)30-27-14-9-24(33(41)45-3)21-28(27)38(32(30)40)19-20-46(42,43)44/h4-14,21,40H,15-20,22H2,1-3H3,(H,42,43,44). The number of anilines is 1. The molecule has 2 heterocycles. The fourth-order valence-electron chi connectivity index (χ4n) is 5.44. The summed E-state index contributed by atoms with van der Waals surface area (Å²) in [7, 11) is 0.701. The number of piperazine rings is 1. The Morgan fingerprint density at radius 1 is 0.957 bits per heavy atom. The molecule has 1 fully saturated rings. The van der Waals surface area contributed by atoms with E-state index < -0.39 is 21.8 Å². The number of aromatic nitrogens is 1. The largest absolute Gasteiger partial charge is 0.494 e. The van der Waals surface area contributed by atoms with Crippen molar-refractivity contribution in [3.8, 4) is 5.88 Å². The van der Waals surface area contributed by atoms with Gasteiger partial charge in [-0.05, 0) is 43.4 Å². The van der Waals surface area contributed by atoms with Crippen molar-refractivity contribution in [3.05, 3.63) is 89.5 Å². The number of carbonyl (C=O) groups is 2. The van der Waals surface area contributed by atoms with Crippen molar-refractivity contribution in [3.63, 3.8) is 0 Å². The molecule has 0 aliphatic carbocycles. The van der Waals surface area contributed by atoms with E-state index in [9.17, 15) is 27.7 Å². The van der Waals surface area contributed by atoms with Crippen LogP contribution in [0.2, 0.25) is 0 Å². The van der Waals surface area contributed by atoms with Crippen molar-refractivity contribution in [1.29, 1.82) is 0 Å². The number of aromatic hydroxyl groups is 1. The smallest absolute Gasteiger partial charge is 0.337 e. The van der Waals surface area contributed by atoms with Crippen LogP contribution in [0.4, 0.5) is 11.4 Å². The number of methoxy groups -OCH3 is 1. The van der Waals surface area contributed by atoms with Crippen molar-refractivity contribution in [1.82, 2.24) is 14.4 Å². The van der Waals surface area contributed by atoms with Crippen LogP contribution in [0.5, 0.6) is 5.88 Å². The zero-order chi connectivity index (χ0) is 33.0. The summed E-state index contributed by atoms with van der Waals surface area (Å²) in [6.45, 7) is 3.59. The van der Waals surface area contributed by atoms with Gasteiger partial charge in [-0.3, -0.25) is 14.2 Å². The van der Waals surface area contributed by atoms with Gasteiger partial charge in [-0.1, -0.05) is 36.4 Å². The molecule has 1 aliphatic rings. The summed E-state index contributed by atoms with van der Waals surface area (Å²) in [5.74, 6) is -1.56. The normalized spacial score (nSPS) is 14.8. The van der Waals surface area contributed by atoms with Gasteiger partial charge in [0.05, 0.1) is 47.5 Å². The van der Waals surface area contributed by atoms with Crippen LogP contribution in [0, 0.1) is 0 Å². The Morgan fingerprint density at radius 3 is 2.26 bits per heavy atom. The average Bonchev–Trinajstić information content (AvgIpc) is 3.33. The molecular weight excluding hydrogens is 610 g/mol. The van der Waals surface area contributed by atoms with Gasteiger partial charge >= 0.3 is 5.97 Å². The van der Waals surface area contributed by atoms with Gasteiger partial charge in [0.15, 0.2) is 0 Å². The lowest BCUT2D eigenvalue weighted by Crippen LogP contribution is -2.48. The first-order chi connectivity index (χ1) is 21.9. The molecule has 2 N–H and O–H groups in total. The molecule has 242 valence electrons. The number of amides is 1. The minimum Gasteiger partial charge on any atom is -0.494 e. The van der Waals surface area contributed by atoms with E-state index in [4.69, 9.17) is 9.73 Å². The molecule has 0 atom stereocenters. The van der Waals surface area contributed by atoms with Gasteiger partial charge in [0, 0.05) is 56.4 Å². The molecule has 5 rings (SSSR count). The van der Waals surface area contributed by atoms with Crippen LogP contribution in [0.15, 0.2) is 77.8 Å². The molecular formula is C33H37N5O7S. The molecule has 1 aromatic heterocycles. The maximum absolute atomic E-state index is 13.0. The van der Waals surface area contributed by atoms with E-state index in [1.807, 2.05) is 30.3 Å². The minimum atomic E-state index is -4.37. The van der Waals surface area contributed by atoms with Crippen LogP contribution in [-0.2, 0) is 26.2 Å². The highest BCUT2D eigenvalue weighted by atomic mass is 32.2. The molecule has 12 nitrogen and oxygen atoms in total. The highest BCUT2D eigenvalue weighted by molar-refractivity contribution is 7.85. The Morgan fingerprint density at radius 2 is 1.63 bits per heavy atom. The van der Waals surface area contributed by atoms with Crippen LogP contribution in [-0.4, -0.2) is 110 Å². The van der Waals surface area contributed by atoms with Gasteiger partial charge in [-0.2, -0.15) is 8.42 Å². The molecule has 46 heavy (non-hydrogen) atoms. The number of esters is 1. The number of ether oxygens (including phenoxy) is 1. The van der Waals surface area contributed by atoms with Crippen LogP contribution < -0.4 is 4.90 Å². The molecule has 1 aliphatic heterocycles. The molecule has 0 radical (unpaired) electrons. The predicted molar refractivity (Wildman–Crippen MR) is 177 cm³/mol. The Balaban J connectivity index is 1.54. The molecule has 0 saturated carbocycles. The minimum absolute atomic E-state index is 0.0141. The third-order valence-corrected chi connectivity index (χ3v) is 8.82. The summed E-state index contributed by atoms with van der Waals surface area (Å²) >= 11 is 0. The number of fused-ring (bicyclic) bond motifs is 1. The van der Waals surface area contributed by atoms with Crippen LogP contribution in [0.3, 0.4) is 0 Å². The van der Waals surface area contributed by atoms with E-state index in [1.54, 1.807) is 48.3 Å². The Kier molecular flexibility index (Phi) is 9.87. The predicted octanol–water partition coefficient (Wildman–Crippen LogP) is 3.40. The van der Waals surface area contributed by atoms with Crippen LogP contribution in [0.1, 0.15) is 21.5 Å². The zero-order valence-electron chi connectivity index (χ0n) is 26.0. The molecule has 0 spiro atoms. The Labute approximate surface area is 267 Å². The lowest BCUT2D eigenvalue weighted by molar-refractivity contribution is -0.119. The van der Waals surface area contributed by atoms with Gasteiger partial charge in [0.25, 0.3) is 10.1 Å². The summed E-state index contributed by atoms with van der Waals surface area (Å²) in [5.41, 5.74) is 3.20. The number of rotatable bonds is 10. The number of hydrogen-bond acceptors (Lipinski definition) is 9. The summed E-state index contributed by atoms with van der Waals surface area (Å²) < 4.78 is 38.9. The quantitative estimate of drug-likeness (QED) is 0.150. The van der Waals surface area contributed by atoms with Crippen molar-refractivity contribution < 1.29 is 32.4 Å². The van der Waals surface area contributed by atoms with Crippen molar-refractivity contribution in [2.24, 2.45) is 4.99 Å². The maximum Gasteiger partial charge on any atom is 0.337 e. The first kappa shape index (κ1) is 32.8. The number of aryl methyl sites for hydroxylation is 1. The molecule has 0 bridgehead atoms. The Hall–Kier alpha value is -4.56. The topological polar surface area (TPSA) is 145 Å². The Bertz CT molecular complexity index is 1860. The lowest BCUT2D eigenvalue weighted by atomic mass is 10.00. The van der Waals surface area contributed by atoms with Gasteiger partial charge < -0.3 is 24.2 Å². The highest BCUT2D eigenvalue weighted by Gasteiger charge is 2.25. The number of benzene rings is 3. The van der Waals surface area contributed by atoms with Crippen LogP contribution >= 0.6 is 0 Å². The summed E-state index contributed by atoms with van der Waals surface area (Å²) in [5, 5.41) is 12.1. The molecule has 0 unspecified atom stereocenters. The molecule has 4 aromatic rings. The first-order valence-electron chi connectivity index (χ1n) is 14.8. The number of hydrogen-bond donors (Lipinski definition) is 2. The molecule has 1 amide bonds. The SMILES string of the molecule is COC(=O)c1ccc2c(C(=Nc3ccc(N(C)C(=O)CN4CCN(C)CC4)cc3)c3ccccc3)c(O)n(CCS(=O)(=O)O)c2c1. The summed E-state index contributed by atoms with van der Waals surface area (Å²) in [4.78, 5) is 36.3. The fraction of sp³-hybridized carbons (Fsp3) is 0.303. The number of carbonyl (C=O) groups excluding carboxylic acids is 2. The highest BCUT2D eigenvalue weighted by Crippen LogP contribution is 2.36. The van der Waals surface area contributed by atoms with E-state index in [2.05, 4.69) is 16.8 Å². The van der Waals surface area contributed by atoms with Gasteiger partial charge in [-0.25, -0.2) is 9.79 Å². The lowest BCUT2D eigenvalue weighted by Gasteiger charge is -2.32. The second-order valence-corrected chi connectivity index (χ2v) is 12.8. The van der Waals surface area contributed by atoms with Crippen molar-refractivity contribution >= 4 is 50.0 Å². The van der Waals surface area contributed by atoms with Crippen molar-refractivity contribution in [2.45, 2.75) is 6.54 Å². The van der Waals surface area contributed by atoms with Crippen molar-refractivity contribution in [2.75, 3.05) is 64.6 Å².